The molecule has 0 saturated heterocycles. The first-order valence-corrected chi connectivity index (χ1v) is 11.0. The van der Waals surface area contributed by atoms with Gasteiger partial charge in [0, 0.05) is 26.9 Å². The van der Waals surface area contributed by atoms with Gasteiger partial charge >= 0.3 is 0 Å². The van der Waals surface area contributed by atoms with Gasteiger partial charge in [-0.1, -0.05) is 41.4 Å². The summed E-state index contributed by atoms with van der Waals surface area (Å²) in [5.41, 5.74) is 5.32. The van der Waals surface area contributed by atoms with Crippen LogP contribution in [0, 0.1) is 13.8 Å². The Morgan fingerprint density at radius 1 is 0.939 bits per heavy atom. The van der Waals surface area contributed by atoms with E-state index in [0.29, 0.717) is 38.5 Å². The third-order valence-corrected chi connectivity index (χ3v) is 6.09. The lowest BCUT2D eigenvalue weighted by molar-refractivity contribution is 0.0997. The Morgan fingerprint density at radius 2 is 1.79 bits per heavy atom. The van der Waals surface area contributed by atoms with Crippen LogP contribution >= 0.6 is 23.2 Å². The van der Waals surface area contributed by atoms with Gasteiger partial charge in [-0.2, -0.15) is 0 Å². The van der Waals surface area contributed by atoms with Gasteiger partial charge < -0.3 is 14.2 Å². The quantitative estimate of drug-likeness (QED) is 0.285. The van der Waals surface area contributed by atoms with E-state index in [4.69, 9.17) is 32.0 Å². The summed E-state index contributed by atoms with van der Waals surface area (Å²) in [6, 6.07) is 19.9. The first kappa shape index (κ1) is 21.3. The largest absolute Gasteiger partial charge is 0.451 e. The van der Waals surface area contributed by atoms with Crippen molar-refractivity contribution in [3.63, 3.8) is 0 Å². The molecule has 164 valence electrons. The molecule has 0 atom stereocenters. The summed E-state index contributed by atoms with van der Waals surface area (Å²) in [7, 11) is 0. The van der Waals surface area contributed by atoms with Crippen LogP contribution in [-0.4, -0.2) is 10.9 Å². The molecule has 0 aliphatic heterocycles. The average Bonchev–Trinajstić information content (AvgIpc) is 3.44. The van der Waals surface area contributed by atoms with Crippen LogP contribution in [0.5, 0.6) is 0 Å². The van der Waals surface area contributed by atoms with E-state index in [9.17, 15) is 4.79 Å². The van der Waals surface area contributed by atoms with E-state index >= 15 is 0 Å². The lowest BCUT2D eigenvalue weighted by Crippen LogP contribution is -2.12. The van der Waals surface area contributed by atoms with Crippen LogP contribution in [0.2, 0.25) is 10.0 Å². The molecular formula is C26H18Cl2N2O3. The number of fused-ring (bicyclic) bond motifs is 1. The maximum Gasteiger partial charge on any atom is 0.291 e. The highest BCUT2D eigenvalue weighted by Crippen LogP contribution is 2.32. The second kappa shape index (κ2) is 8.43. The molecule has 5 aromatic rings. The minimum Gasteiger partial charge on any atom is -0.451 e. The zero-order chi connectivity index (χ0) is 23.1. The number of amides is 1. The third-order valence-electron chi connectivity index (χ3n) is 5.45. The molecule has 0 spiro atoms. The number of aryl methyl sites for hydroxylation is 1. The van der Waals surface area contributed by atoms with Crippen LogP contribution in [0.25, 0.3) is 33.9 Å². The number of anilines is 1. The predicted octanol–water partition coefficient (Wildman–Crippen LogP) is 7.93. The number of hydrogen-bond acceptors (Lipinski definition) is 4. The Labute approximate surface area is 200 Å². The number of hydrogen-bond donors (Lipinski definition) is 1. The average molecular weight is 477 g/mol. The van der Waals surface area contributed by atoms with Crippen molar-refractivity contribution in [2.75, 3.05) is 5.32 Å². The minimum absolute atomic E-state index is 0.197. The lowest BCUT2D eigenvalue weighted by atomic mass is 10.1. The monoisotopic (exact) mass is 476 g/mol. The zero-order valence-corrected chi connectivity index (χ0v) is 19.3. The van der Waals surface area contributed by atoms with Gasteiger partial charge in [-0.25, -0.2) is 4.98 Å². The Morgan fingerprint density at radius 3 is 2.61 bits per heavy atom. The summed E-state index contributed by atoms with van der Waals surface area (Å²) < 4.78 is 11.7. The summed E-state index contributed by atoms with van der Waals surface area (Å²) >= 11 is 12.3. The van der Waals surface area contributed by atoms with E-state index in [1.54, 1.807) is 30.3 Å². The Kier molecular flexibility index (Phi) is 5.44. The summed E-state index contributed by atoms with van der Waals surface area (Å²) in [5, 5.41) is 4.15. The third kappa shape index (κ3) is 4.13. The zero-order valence-electron chi connectivity index (χ0n) is 17.8. The molecule has 1 amide bonds. The molecule has 0 aliphatic carbocycles. The van der Waals surface area contributed by atoms with Crippen LogP contribution < -0.4 is 5.32 Å². The van der Waals surface area contributed by atoms with Crippen molar-refractivity contribution < 1.29 is 13.6 Å². The fourth-order valence-corrected chi connectivity index (χ4v) is 3.91. The van der Waals surface area contributed by atoms with E-state index in [2.05, 4.69) is 10.3 Å². The van der Waals surface area contributed by atoms with Crippen molar-refractivity contribution in [1.29, 1.82) is 0 Å². The molecule has 7 heteroatoms. The van der Waals surface area contributed by atoms with Gasteiger partial charge in [0.25, 0.3) is 5.91 Å². The first-order valence-electron chi connectivity index (χ1n) is 10.2. The molecule has 0 aliphatic rings. The standard InChI is InChI=1S/C26H18Cl2N2O3/c1-14-6-7-16(12-19(14)28)22-10-11-24(32-22)25(31)29-20-5-3-4-18(15(20)2)26-30-21-13-17(27)8-9-23(21)33-26/h3-13H,1-2H3,(H,29,31). The van der Waals surface area contributed by atoms with Crippen molar-refractivity contribution in [2.24, 2.45) is 0 Å². The first-order chi connectivity index (χ1) is 15.9. The van der Waals surface area contributed by atoms with Crippen LogP contribution in [-0.2, 0) is 0 Å². The molecule has 0 fully saturated rings. The SMILES string of the molecule is Cc1ccc(-c2ccc(C(=O)Nc3cccc(-c4nc5cc(Cl)ccc5o4)c3C)o2)cc1Cl. The number of aromatic nitrogens is 1. The molecule has 3 aromatic carbocycles. The summed E-state index contributed by atoms with van der Waals surface area (Å²) in [6.07, 6.45) is 0. The molecule has 33 heavy (non-hydrogen) atoms. The number of furan rings is 1. The van der Waals surface area contributed by atoms with Crippen molar-refractivity contribution in [2.45, 2.75) is 13.8 Å². The molecule has 5 nitrogen and oxygen atoms in total. The van der Waals surface area contributed by atoms with Gasteiger partial charge in [0.15, 0.2) is 11.3 Å². The van der Waals surface area contributed by atoms with E-state index < -0.39 is 0 Å². The normalized spacial score (nSPS) is 11.2. The number of nitrogens with zero attached hydrogens (tertiary/aromatic N) is 1. The lowest BCUT2D eigenvalue weighted by Gasteiger charge is -2.10. The van der Waals surface area contributed by atoms with Gasteiger partial charge in [0.05, 0.1) is 0 Å². The highest BCUT2D eigenvalue weighted by molar-refractivity contribution is 6.31. The number of rotatable bonds is 4. The highest BCUT2D eigenvalue weighted by atomic mass is 35.5. The van der Waals surface area contributed by atoms with Crippen molar-refractivity contribution >= 4 is 45.9 Å². The maximum atomic E-state index is 12.9. The van der Waals surface area contributed by atoms with Crippen LogP contribution in [0.1, 0.15) is 21.7 Å². The Bertz CT molecular complexity index is 1520. The molecule has 0 saturated carbocycles. The summed E-state index contributed by atoms with van der Waals surface area (Å²) in [5.74, 6) is 0.863. The van der Waals surface area contributed by atoms with Gasteiger partial charge in [0.2, 0.25) is 5.89 Å². The van der Waals surface area contributed by atoms with Crippen LogP contribution in [0.3, 0.4) is 0 Å². The summed E-state index contributed by atoms with van der Waals surface area (Å²) in [4.78, 5) is 17.4. The number of oxazole rings is 1. The van der Waals surface area contributed by atoms with Crippen LogP contribution in [0.4, 0.5) is 5.69 Å². The topological polar surface area (TPSA) is 68.3 Å². The van der Waals surface area contributed by atoms with E-state index in [1.807, 2.05) is 50.2 Å². The number of halogens is 2. The number of carbonyl (C=O) groups is 1. The molecule has 0 radical (unpaired) electrons. The van der Waals surface area contributed by atoms with E-state index in [-0.39, 0.29) is 11.7 Å². The minimum atomic E-state index is -0.357. The van der Waals surface area contributed by atoms with E-state index in [1.165, 1.54) is 0 Å². The maximum absolute atomic E-state index is 12.9. The number of carbonyl (C=O) groups excluding carboxylic acids is 1. The van der Waals surface area contributed by atoms with Crippen molar-refractivity contribution in [3.05, 3.63) is 93.7 Å². The Hall–Kier alpha value is -3.54. The predicted molar refractivity (Wildman–Crippen MR) is 131 cm³/mol. The smallest absolute Gasteiger partial charge is 0.291 e. The van der Waals surface area contributed by atoms with Gasteiger partial charge in [-0.15, -0.1) is 0 Å². The molecule has 1 N–H and O–H groups in total. The van der Waals surface area contributed by atoms with Crippen LogP contribution in [0.15, 0.2) is 75.6 Å². The molecule has 0 unspecified atom stereocenters. The molecule has 0 bridgehead atoms. The number of benzene rings is 3. The Balaban J connectivity index is 1.41. The highest BCUT2D eigenvalue weighted by Gasteiger charge is 2.17. The molecule has 2 aromatic heterocycles. The van der Waals surface area contributed by atoms with Gasteiger partial charge in [0.1, 0.15) is 11.3 Å². The molecule has 5 rings (SSSR count). The van der Waals surface area contributed by atoms with Crippen molar-refractivity contribution in [1.82, 2.24) is 4.98 Å². The second-order valence-electron chi connectivity index (χ2n) is 7.69. The van der Waals surface area contributed by atoms with E-state index in [0.717, 1.165) is 22.3 Å². The van der Waals surface area contributed by atoms with Gasteiger partial charge in [-0.3, -0.25) is 4.79 Å². The number of nitrogens with one attached hydrogen (secondary N) is 1. The van der Waals surface area contributed by atoms with Crippen molar-refractivity contribution in [3.8, 4) is 22.8 Å². The van der Waals surface area contributed by atoms with Gasteiger partial charge in [-0.05, 0) is 73.5 Å². The fraction of sp³-hybridized carbons (Fsp3) is 0.0769. The second-order valence-corrected chi connectivity index (χ2v) is 8.53. The fourth-order valence-electron chi connectivity index (χ4n) is 3.56. The molecular weight excluding hydrogens is 459 g/mol. The molecule has 2 heterocycles. The summed E-state index contributed by atoms with van der Waals surface area (Å²) in [6.45, 7) is 3.83.